The number of hydrogen-bond acceptors (Lipinski definition) is 4. The maximum absolute atomic E-state index is 13.2. The summed E-state index contributed by atoms with van der Waals surface area (Å²) in [6.07, 6.45) is 6.58. The summed E-state index contributed by atoms with van der Waals surface area (Å²) >= 11 is 1.71. The molecule has 0 spiro atoms. The number of aromatic nitrogens is 2. The fourth-order valence-electron chi connectivity index (χ4n) is 3.88. The minimum absolute atomic E-state index is 0.0865. The van der Waals surface area contributed by atoms with Gasteiger partial charge in [0, 0.05) is 12.6 Å². The predicted octanol–water partition coefficient (Wildman–Crippen LogP) is 4.67. The molecule has 1 aromatic carbocycles. The number of fused-ring (bicyclic) bond motifs is 1. The second-order valence-electron chi connectivity index (χ2n) is 7.19. The van der Waals surface area contributed by atoms with Crippen molar-refractivity contribution >= 4 is 27.5 Å². The lowest BCUT2D eigenvalue weighted by molar-refractivity contribution is -0.131. The molecule has 0 saturated heterocycles. The summed E-state index contributed by atoms with van der Waals surface area (Å²) in [4.78, 5) is 22.3. The molecule has 2 heterocycles. The van der Waals surface area contributed by atoms with Crippen LogP contribution in [0.15, 0.2) is 48.7 Å². The number of thiazole rings is 1. The van der Waals surface area contributed by atoms with Gasteiger partial charge in [-0.1, -0.05) is 31.0 Å². The van der Waals surface area contributed by atoms with Crippen LogP contribution in [0.25, 0.3) is 10.2 Å². The zero-order valence-electron chi connectivity index (χ0n) is 14.9. The number of carbonyl (C=O) groups is 1. The molecule has 26 heavy (non-hydrogen) atoms. The van der Waals surface area contributed by atoms with E-state index < -0.39 is 0 Å². The summed E-state index contributed by atoms with van der Waals surface area (Å²) in [6.45, 7) is 2.00. The van der Waals surface area contributed by atoms with Gasteiger partial charge in [-0.3, -0.25) is 9.78 Å². The van der Waals surface area contributed by atoms with Gasteiger partial charge in [0.05, 0.1) is 32.4 Å². The van der Waals surface area contributed by atoms with Gasteiger partial charge in [0.1, 0.15) is 0 Å². The average molecular weight is 366 g/mol. The average Bonchev–Trinajstić information content (AvgIpc) is 3.29. The second-order valence-corrected chi connectivity index (χ2v) is 8.30. The monoisotopic (exact) mass is 365 g/mol. The Kier molecular flexibility index (Phi) is 4.72. The first-order chi connectivity index (χ1) is 12.7. The van der Waals surface area contributed by atoms with Crippen LogP contribution in [0.4, 0.5) is 0 Å². The normalized spacial score (nSPS) is 17.3. The smallest absolute Gasteiger partial charge is 0.227 e. The number of carbonyl (C=O) groups excluding carboxylic acids is 1. The molecule has 3 aromatic rings. The van der Waals surface area contributed by atoms with Crippen LogP contribution in [-0.4, -0.2) is 15.9 Å². The Labute approximate surface area is 157 Å². The fourth-order valence-corrected chi connectivity index (χ4v) is 4.99. The van der Waals surface area contributed by atoms with E-state index in [2.05, 4.69) is 16.4 Å². The Morgan fingerprint density at radius 2 is 1.96 bits per heavy atom. The van der Waals surface area contributed by atoms with Gasteiger partial charge in [-0.25, -0.2) is 4.98 Å². The quantitative estimate of drug-likeness (QED) is 0.715. The van der Waals surface area contributed by atoms with Gasteiger partial charge in [0.2, 0.25) is 5.91 Å². The lowest BCUT2D eigenvalue weighted by atomic mass is 9.81. The fraction of sp³-hybridized carbons (Fsp3) is 0.381. The Bertz CT molecular complexity index is 867. The van der Waals surface area contributed by atoms with Crippen molar-refractivity contribution in [1.82, 2.24) is 15.3 Å². The van der Waals surface area contributed by atoms with Crippen LogP contribution in [0.3, 0.4) is 0 Å². The third-order valence-corrected chi connectivity index (χ3v) is 6.39. The molecule has 134 valence electrons. The number of nitrogens with zero attached hydrogens (tertiary/aromatic N) is 2. The van der Waals surface area contributed by atoms with Crippen LogP contribution in [0.1, 0.15) is 49.4 Å². The molecule has 1 fully saturated rings. The molecular weight excluding hydrogens is 342 g/mol. The van der Waals surface area contributed by atoms with Crippen LogP contribution in [-0.2, 0) is 11.2 Å². The largest absolute Gasteiger partial charge is 0.348 e. The molecular formula is C21H23N3OS. The maximum Gasteiger partial charge on any atom is 0.227 e. The standard InChI is InChI=1S/C21H23N3OS/c1-15(16-8-4-7-13-22-16)23-20(25)21(11-5-6-12-21)14-19-24-17-9-2-3-10-18(17)26-19/h2-4,7-10,13,15H,5-6,11-12,14H2,1H3,(H,23,25)/t15-/m1/s1. The van der Waals surface area contributed by atoms with Crippen molar-refractivity contribution in [3.8, 4) is 0 Å². The first-order valence-corrected chi connectivity index (χ1v) is 10.0. The molecule has 4 rings (SSSR count). The molecule has 0 radical (unpaired) electrons. The van der Waals surface area contributed by atoms with E-state index in [1.54, 1.807) is 17.5 Å². The van der Waals surface area contributed by atoms with E-state index in [1.165, 1.54) is 4.70 Å². The Balaban J connectivity index is 1.54. The third kappa shape index (κ3) is 3.36. The molecule has 0 aliphatic heterocycles. The van der Waals surface area contributed by atoms with E-state index in [4.69, 9.17) is 4.98 Å². The van der Waals surface area contributed by atoms with Crippen molar-refractivity contribution in [2.75, 3.05) is 0 Å². The van der Waals surface area contributed by atoms with Gasteiger partial charge in [0.25, 0.3) is 0 Å². The highest BCUT2D eigenvalue weighted by atomic mass is 32.1. The second kappa shape index (κ2) is 7.16. The number of nitrogens with one attached hydrogen (secondary N) is 1. The van der Waals surface area contributed by atoms with Gasteiger partial charge in [-0.2, -0.15) is 0 Å². The van der Waals surface area contributed by atoms with E-state index in [9.17, 15) is 4.79 Å². The van der Waals surface area contributed by atoms with E-state index in [-0.39, 0.29) is 17.4 Å². The molecule has 1 aliphatic carbocycles. The Hall–Kier alpha value is -2.27. The number of pyridine rings is 1. The summed E-state index contributed by atoms with van der Waals surface area (Å²) < 4.78 is 1.19. The highest BCUT2D eigenvalue weighted by Gasteiger charge is 2.42. The number of amides is 1. The highest BCUT2D eigenvalue weighted by molar-refractivity contribution is 7.18. The third-order valence-electron chi connectivity index (χ3n) is 5.35. The van der Waals surface area contributed by atoms with Crippen molar-refractivity contribution in [3.63, 3.8) is 0 Å². The van der Waals surface area contributed by atoms with E-state index >= 15 is 0 Å². The van der Waals surface area contributed by atoms with Gasteiger partial charge < -0.3 is 5.32 Å². The van der Waals surface area contributed by atoms with Crippen LogP contribution in [0, 0.1) is 5.41 Å². The maximum atomic E-state index is 13.2. The number of benzene rings is 1. The minimum atomic E-state index is -0.336. The van der Waals surface area contributed by atoms with Crippen molar-refractivity contribution in [1.29, 1.82) is 0 Å². The van der Waals surface area contributed by atoms with Crippen LogP contribution >= 0.6 is 11.3 Å². The predicted molar refractivity (Wildman–Crippen MR) is 105 cm³/mol. The van der Waals surface area contributed by atoms with E-state index in [0.717, 1.165) is 48.3 Å². The summed E-state index contributed by atoms with van der Waals surface area (Å²) in [6, 6.07) is 13.9. The summed E-state index contributed by atoms with van der Waals surface area (Å²) in [5, 5.41) is 4.27. The van der Waals surface area contributed by atoms with Gasteiger partial charge in [-0.15, -0.1) is 11.3 Å². The lowest BCUT2D eigenvalue weighted by Gasteiger charge is -2.28. The first-order valence-electron chi connectivity index (χ1n) is 9.23. The molecule has 1 amide bonds. The van der Waals surface area contributed by atoms with Gasteiger partial charge in [0.15, 0.2) is 0 Å². The molecule has 2 aromatic heterocycles. The minimum Gasteiger partial charge on any atom is -0.348 e. The number of rotatable bonds is 5. The molecule has 4 nitrogen and oxygen atoms in total. The molecule has 0 unspecified atom stereocenters. The van der Waals surface area contributed by atoms with Crippen molar-refractivity contribution in [2.24, 2.45) is 5.41 Å². The highest BCUT2D eigenvalue weighted by Crippen LogP contribution is 2.42. The Morgan fingerprint density at radius 1 is 1.19 bits per heavy atom. The Morgan fingerprint density at radius 3 is 2.69 bits per heavy atom. The summed E-state index contributed by atoms with van der Waals surface area (Å²) in [5.74, 6) is 0.146. The summed E-state index contributed by atoms with van der Waals surface area (Å²) in [5.41, 5.74) is 1.59. The van der Waals surface area contributed by atoms with Crippen LogP contribution in [0.2, 0.25) is 0 Å². The van der Waals surface area contributed by atoms with Gasteiger partial charge >= 0.3 is 0 Å². The van der Waals surface area contributed by atoms with E-state index in [0.29, 0.717) is 0 Å². The molecule has 1 aliphatic rings. The zero-order valence-corrected chi connectivity index (χ0v) is 15.8. The van der Waals surface area contributed by atoms with E-state index in [1.807, 2.05) is 43.3 Å². The number of hydrogen-bond donors (Lipinski definition) is 1. The van der Waals surface area contributed by atoms with Gasteiger partial charge in [-0.05, 0) is 44.0 Å². The van der Waals surface area contributed by atoms with Crippen LogP contribution < -0.4 is 5.32 Å². The first kappa shape index (κ1) is 17.2. The summed E-state index contributed by atoms with van der Waals surface area (Å²) in [7, 11) is 0. The molecule has 1 saturated carbocycles. The lowest BCUT2D eigenvalue weighted by Crippen LogP contribution is -2.42. The molecule has 0 bridgehead atoms. The topological polar surface area (TPSA) is 54.9 Å². The zero-order chi connectivity index (χ0) is 18.0. The molecule has 1 N–H and O–H groups in total. The van der Waals surface area contributed by atoms with Crippen LogP contribution in [0.5, 0.6) is 0 Å². The van der Waals surface area contributed by atoms with Crippen molar-refractivity contribution < 1.29 is 4.79 Å². The number of para-hydroxylation sites is 1. The van der Waals surface area contributed by atoms with Crippen molar-refractivity contribution in [3.05, 3.63) is 59.4 Å². The van der Waals surface area contributed by atoms with Crippen molar-refractivity contribution in [2.45, 2.75) is 45.1 Å². The SMILES string of the molecule is C[C@@H](NC(=O)C1(Cc2nc3ccccc3s2)CCCC1)c1ccccn1. The molecule has 5 heteroatoms. The molecule has 1 atom stereocenters.